The number of halogens is 1. The maximum absolute atomic E-state index is 13.1. The smallest absolute Gasteiger partial charge is 0.328 e. The normalized spacial score (nSPS) is 10.7. The van der Waals surface area contributed by atoms with Crippen LogP contribution >= 0.6 is 15.9 Å². The predicted molar refractivity (Wildman–Crippen MR) is 123 cm³/mol. The van der Waals surface area contributed by atoms with Crippen LogP contribution in [0.1, 0.15) is 21.6 Å². The Balaban J connectivity index is 1.94. The quantitative estimate of drug-likeness (QED) is 0.368. The first-order chi connectivity index (χ1) is 14.8. The van der Waals surface area contributed by atoms with Crippen molar-refractivity contribution in [2.75, 3.05) is 31.0 Å². The third kappa shape index (κ3) is 5.12. The van der Waals surface area contributed by atoms with Crippen LogP contribution in [0.2, 0.25) is 0 Å². The molecule has 0 atom stereocenters. The van der Waals surface area contributed by atoms with E-state index in [0.717, 1.165) is 21.0 Å². The molecule has 0 unspecified atom stereocenters. The average Bonchev–Trinajstić information content (AvgIpc) is 3.08. The van der Waals surface area contributed by atoms with E-state index in [1.54, 1.807) is 18.2 Å². The molecular formula is C22H23BrN4O4. The van der Waals surface area contributed by atoms with Crippen LogP contribution in [0.5, 0.6) is 0 Å². The first kappa shape index (κ1) is 22.5. The summed E-state index contributed by atoms with van der Waals surface area (Å²) in [6.45, 7) is 4.29. The standard InChI is InChI=1S/C22H23BrN4O4/c1-13-5-4-6-14(2)19(13)25-20(28)18-12-15-11-16(23)7-8-17(15)27(18)26-22(30)21(29)24-9-10-31-3/h4-8,11-12H,9-10H2,1-3H3,(H,24,29)(H,25,28)(H,26,30). The predicted octanol–water partition coefficient (Wildman–Crippen LogP) is 3.11. The lowest BCUT2D eigenvalue weighted by atomic mass is 10.1. The van der Waals surface area contributed by atoms with E-state index < -0.39 is 17.7 Å². The molecule has 3 amide bonds. The highest BCUT2D eigenvalue weighted by Gasteiger charge is 2.21. The number of ether oxygens (including phenoxy) is 1. The molecular weight excluding hydrogens is 464 g/mol. The number of carbonyl (C=O) groups excluding carboxylic acids is 3. The number of nitrogens with one attached hydrogen (secondary N) is 3. The monoisotopic (exact) mass is 486 g/mol. The van der Waals surface area contributed by atoms with Crippen molar-refractivity contribution in [2.45, 2.75) is 13.8 Å². The molecule has 31 heavy (non-hydrogen) atoms. The van der Waals surface area contributed by atoms with Crippen molar-refractivity contribution in [3.8, 4) is 0 Å². The second-order valence-electron chi connectivity index (χ2n) is 6.98. The largest absolute Gasteiger partial charge is 0.383 e. The van der Waals surface area contributed by atoms with Gasteiger partial charge in [0.25, 0.3) is 5.91 Å². The van der Waals surface area contributed by atoms with E-state index in [-0.39, 0.29) is 18.8 Å². The highest BCUT2D eigenvalue weighted by Crippen LogP contribution is 2.25. The van der Waals surface area contributed by atoms with Gasteiger partial charge in [-0.05, 0) is 49.2 Å². The fraction of sp³-hybridized carbons (Fsp3) is 0.227. The van der Waals surface area contributed by atoms with Crippen LogP contribution in [0.25, 0.3) is 10.9 Å². The first-order valence-corrected chi connectivity index (χ1v) is 10.4. The maximum atomic E-state index is 13.1. The highest BCUT2D eigenvalue weighted by molar-refractivity contribution is 9.10. The Bertz CT molecular complexity index is 1140. The molecule has 0 spiro atoms. The lowest BCUT2D eigenvalue weighted by Crippen LogP contribution is -2.40. The van der Waals surface area contributed by atoms with Crippen molar-refractivity contribution in [3.05, 3.63) is 63.8 Å². The van der Waals surface area contributed by atoms with E-state index in [2.05, 4.69) is 32.0 Å². The molecule has 0 aliphatic heterocycles. The number of amides is 3. The lowest BCUT2D eigenvalue weighted by Gasteiger charge is -2.14. The minimum atomic E-state index is -0.891. The summed E-state index contributed by atoms with van der Waals surface area (Å²) < 4.78 is 7.01. The third-order valence-electron chi connectivity index (χ3n) is 4.73. The van der Waals surface area contributed by atoms with E-state index in [1.165, 1.54) is 11.8 Å². The van der Waals surface area contributed by atoms with Gasteiger partial charge in [0.15, 0.2) is 0 Å². The summed E-state index contributed by atoms with van der Waals surface area (Å²) in [6, 6.07) is 12.7. The number of fused-ring (bicyclic) bond motifs is 1. The lowest BCUT2D eigenvalue weighted by molar-refractivity contribution is -0.136. The summed E-state index contributed by atoms with van der Waals surface area (Å²) in [5.74, 6) is -2.13. The Hall–Kier alpha value is -3.17. The molecule has 1 heterocycles. The Morgan fingerprint density at radius 2 is 1.74 bits per heavy atom. The zero-order valence-electron chi connectivity index (χ0n) is 17.4. The van der Waals surface area contributed by atoms with Gasteiger partial charge in [0.05, 0.1) is 12.1 Å². The number of benzene rings is 2. The molecule has 0 aliphatic rings. The van der Waals surface area contributed by atoms with Crippen LogP contribution < -0.4 is 16.1 Å². The number of rotatable bonds is 6. The molecule has 0 aliphatic carbocycles. The van der Waals surface area contributed by atoms with Gasteiger partial charge in [-0.15, -0.1) is 0 Å². The summed E-state index contributed by atoms with van der Waals surface area (Å²) in [5, 5.41) is 6.10. The highest BCUT2D eigenvalue weighted by atomic mass is 79.9. The molecule has 9 heteroatoms. The van der Waals surface area contributed by atoms with Crippen LogP contribution in [0.4, 0.5) is 5.69 Å². The van der Waals surface area contributed by atoms with Crippen LogP contribution in [-0.4, -0.2) is 42.7 Å². The number of carbonyl (C=O) groups is 3. The number of methoxy groups -OCH3 is 1. The van der Waals surface area contributed by atoms with Gasteiger partial charge in [-0.1, -0.05) is 34.1 Å². The van der Waals surface area contributed by atoms with Gasteiger partial charge in [-0.25, -0.2) is 4.68 Å². The molecule has 0 radical (unpaired) electrons. The maximum Gasteiger partial charge on any atom is 0.328 e. The van der Waals surface area contributed by atoms with Crippen molar-refractivity contribution >= 4 is 50.2 Å². The molecule has 8 nitrogen and oxygen atoms in total. The summed E-state index contributed by atoms with van der Waals surface area (Å²) in [5.41, 5.74) is 5.83. The number of hydrogen-bond donors (Lipinski definition) is 3. The van der Waals surface area contributed by atoms with Crippen molar-refractivity contribution in [2.24, 2.45) is 0 Å². The molecule has 0 saturated heterocycles. The Morgan fingerprint density at radius 3 is 2.42 bits per heavy atom. The number of nitrogens with zero attached hydrogens (tertiary/aromatic N) is 1. The van der Waals surface area contributed by atoms with Gasteiger partial charge < -0.3 is 15.4 Å². The van der Waals surface area contributed by atoms with Crippen molar-refractivity contribution in [1.29, 1.82) is 0 Å². The van der Waals surface area contributed by atoms with Gasteiger partial charge >= 0.3 is 11.8 Å². The topological polar surface area (TPSA) is 101 Å². The molecule has 0 saturated carbocycles. The van der Waals surface area contributed by atoms with Gasteiger partial charge in [0.2, 0.25) is 0 Å². The van der Waals surface area contributed by atoms with Gasteiger partial charge in [0.1, 0.15) is 5.69 Å². The summed E-state index contributed by atoms with van der Waals surface area (Å²) >= 11 is 3.41. The van der Waals surface area contributed by atoms with Gasteiger partial charge in [-0.2, -0.15) is 0 Å². The molecule has 1 aromatic heterocycles. The number of aromatic nitrogens is 1. The van der Waals surface area contributed by atoms with E-state index in [9.17, 15) is 14.4 Å². The van der Waals surface area contributed by atoms with E-state index >= 15 is 0 Å². The molecule has 162 valence electrons. The van der Waals surface area contributed by atoms with Crippen LogP contribution in [-0.2, 0) is 14.3 Å². The SMILES string of the molecule is COCCNC(=O)C(=O)Nn1c(C(=O)Nc2c(C)cccc2C)cc2cc(Br)ccc21. The van der Waals surface area contributed by atoms with Crippen molar-refractivity contribution in [1.82, 2.24) is 9.99 Å². The zero-order chi connectivity index (χ0) is 22.5. The Labute approximate surface area is 188 Å². The minimum absolute atomic E-state index is 0.189. The van der Waals surface area contributed by atoms with E-state index in [1.807, 2.05) is 38.1 Å². The second kappa shape index (κ2) is 9.76. The number of hydrogen-bond acceptors (Lipinski definition) is 4. The van der Waals surface area contributed by atoms with E-state index in [0.29, 0.717) is 11.2 Å². The Kier molecular flexibility index (Phi) is 7.09. The zero-order valence-corrected chi connectivity index (χ0v) is 19.0. The average molecular weight is 487 g/mol. The van der Waals surface area contributed by atoms with Crippen LogP contribution in [0, 0.1) is 13.8 Å². The number of aryl methyl sites for hydroxylation is 2. The molecule has 3 N–H and O–H groups in total. The number of para-hydroxylation sites is 1. The van der Waals surface area contributed by atoms with Crippen molar-refractivity contribution < 1.29 is 19.1 Å². The minimum Gasteiger partial charge on any atom is -0.383 e. The fourth-order valence-electron chi connectivity index (χ4n) is 3.16. The third-order valence-corrected chi connectivity index (χ3v) is 5.22. The molecule has 3 aromatic rings. The van der Waals surface area contributed by atoms with E-state index in [4.69, 9.17) is 4.74 Å². The van der Waals surface area contributed by atoms with Gasteiger partial charge in [-0.3, -0.25) is 19.8 Å². The first-order valence-electron chi connectivity index (χ1n) is 9.58. The molecule has 0 bridgehead atoms. The molecule has 2 aromatic carbocycles. The second-order valence-corrected chi connectivity index (χ2v) is 7.89. The fourth-order valence-corrected chi connectivity index (χ4v) is 3.54. The Morgan fingerprint density at radius 1 is 1.03 bits per heavy atom. The molecule has 0 fully saturated rings. The molecule has 3 rings (SSSR count). The summed E-state index contributed by atoms with van der Waals surface area (Å²) in [7, 11) is 1.50. The van der Waals surface area contributed by atoms with Gasteiger partial charge in [0, 0.05) is 29.2 Å². The summed E-state index contributed by atoms with van der Waals surface area (Å²) in [6.07, 6.45) is 0. The summed E-state index contributed by atoms with van der Waals surface area (Å²) in [4.78, 5) is 37.7. The number of anilines is 1. The van der Waals surface area contributed by atoms with Crippen LogP contribution in [0.15, 0.2) is 46.9 Å². The van der Waals surface area contributed by atoms with Crippen LogP contribution in [0.3, 0.4) is 0 Å². The van der Waals surface area contributed by atoms with Crippen molar-refractivity contribution in [3.63, 3.8) is 0 Å².